The first kappa shape index (κ1) is 17.3. The van der Waals surface area contributed by atoms with Crippen LogP contribution in [-0.2, 0) is 4.79 Å². The van der Waals surface area contributed by atoms with Crippen LogP contribution >= 0.6 is 11.3 Å². The molecule has 24 heavy (non-hydrogen) atoms. The Bertz CT molecular complexity index is 627. The Balaban J connectivity index is 1.47. The molecule has 2 N–H and O–H groups in total. The Morgan fingerprint density at radius 2 is 2.04 bits per heavy atom. The van der Waals surface area contributed by atoms with E-state index in [0.717, 1.165) is 4.88 Å². The number of thiophene rings is 1. The zero-order valence-electron chi connectivity index (χ0n) is 13.5. The molecule has 2 fully saturated rings. The van der Waals surface area contributed by atoms with E-state index in [1.165, 1.54) is 11.3 Å². The van der Waals surface area contributed by atoms with Gasteiger partial charge in [-0.1, -0.05) is 0 Å². The van der Waals surface area contributed by atoms with Crippen molar-refractivity contribution in [2.24, 2.45) is 0 Å². The minimum absolute atomic E-state index is 0.0157. The number of nitrogens with zero attached hydrogens (tertiary/aromatic N) is 1. The van der Waals surface area contributed by atoms with E-state index in [0.29, 0.717) is 30.8 Å². The predicted molar refractivity (Wildman–Crippen MR) is 87.5 cm³/mol. The summed E-state index contributed by atoms with van der Waals surface area (Å²) in [5.41, 5.74) is 0. The van der Waals surface area contributed by atoms with Crippen LogP contribution in [-0.4, -0.2) is 54.4 Å². The number of hydrogen-bond acceptors (Lipinski definition) is 4. The molecule has 0 saturated carbocycles. The average molecular weight is 357 g/mol. The number of likely N-dealkylation sites (tertiary alicyclic amines) is 1. The van der Waals surface area contributed by atoms with Crippen molar-refractivity contribution in [1.29, 1.82) is 0 Å². The molecule has 0 spiro atoms. The molecule has 1 unspecified atom stereocenters. The number of piperidine rings is 1. The summed E-state index contributed by atoms with van der Waals surface area (Å²) in [4.78, 5) is 27.8. The highest BCUT2D eigenvalue weighted by Crippen LogP contribution is 2.26. The van der Waals surface area contributed by atoms with Gasteiger partial charge in [-0.2, -0.15) is 0 Å². The van der Waals surface area contributed by atoms with Crippen LogP contribution in [0.2, 0.25) is 0 Å². The van der Waals surface area contributed by atoms with Crippen LogP contribution in [0.1, 0.15) is 33.8 Å². The van der Waals surface area contributed by atoms with E-state index < -0.39 is 24.9 Å². The summed E-state index contributed by atoms with van der Waals surface area (Å²) in [5.74, 6) is -3.15. The van der Waals surface area contributed by atoms with Crippen molar-refractivity contribution in [2.75, 3.05) is 19.6 Å². The molecule has 0 aromatic carbocycles. The van der Waals surface area contributed by atoms with Crippen molar-refractivity contribution in [3.05, 3.63) is 21.9 Å². The molecule has 132 valence electrons. The molecule has 1 atom stereocenters. The van der Waals surface area contributed by atoms with Crippen LogP contribution in [0.3, 0.4) is 0 Å². The Kier molecular flexibility index (Phi) is 4.87. The van der Waals surface area contributed by atoms with Gasteiger partial charge < -0.3 is 10.2 Å². The first-order valence-electron chi connectivity index (χ1n) is 8.11. The van der Waals surface area contributed by atoms with Gasteiger partial charge in [-0.15, -0.1) is 11.3 Å². The SMILES string of the molecule is Cc1ccc(C(=O)NC2CCN(C(=O)C3CC(F)(F)CN3)CC2)s1. The number of alkyl halides is 2. The van der Waals surface area contributed by atoms with Crippen LogP contribution in [0.25, 0.3) is 0 Å². The second kappa shape index (κ2) is 6.76. The zero-order valence-corrected chi connectivity index (χ0v) is 14.3. The van der Waals surface area contributed by atoms with Crippen LogP contribution in [0, 0.1) is 6.92 Å². The smallest absolute Gasteiger partial charge is 0.262 e. The third-order valence-corrected chi connectivity index (χ3v) is 5.51. The molecule has 3 heterocycles. The second-order valence-corrected chi connectivity index (χ2v) is 7.76. The van der Waals surface area contributed by atoms with Gasteiger partial charge in [0.2, 0.25) is 5.91 Å². The van der Waals surface area contributed by atoms with Gasteiger partial charge in [-0.05, 0) is 31.9 Å². The minimum Gasteiger partial charge on any atom is -0.348 e. The molecule has 0 aliphatic carbocycles. The van der Waals surface area contributed by atoms with Crippen molar-refractivity contribution in [2.45, 2.75) is 44.2 Å². The first-order chi connectivity index (χ1) is 11.3. The lowest BCUT2D eigenvalue weighted by molar-refractivity contribution is -0.134. The van der Waals surface area contributed by atoms with E-state index in [-0.39, 0.29) is 17.9 Å². The molecule has 5 nitrogen and oxygen atoms in total. The average Bonchev–Trinajstić information content (AvgIpc) is 3.13. The largest absolute Gasteiger partial charge is 0.348 e. The van der Waals surface area contributed by atoms with Gasteiger partial charge in [0, 0.05) is 30.4 Å². The van der Waals surface area contributed by atoms with Gasteiger partial charge in [-0.25, -0.2) is 8.78 Å². The monoisotopic (exact) mass is 357 g/mol. The molecule has 8 heteroatoms. The maximum absolute atomic E-state index is 13.2. The van der Waals surface area contributed by atoms with E-state index in [4.69, 9.17) is 0 Å². The summed E-state index contributed by atoms with van der Waals surface area (Å²) in [5, 5.41) is 5.59. The fourth-order valence-corrected chi connectivity index (χ4v) is 3.94. The molecule has 1 aromatic rings. The van der Waals surface area contributed by atoms with Crippen molar-refractivity contribution >= 4 is 23.2 Å². The highest BCUT2D eigenvalue weighted by atomic mass is 32.1. The standard InChI is InChI=1S/C16H21F2N3O2S/c1-10-2-3-13(24-10)14(22)20-11-4-6-21(7-5-11)15(23)12-8-16(17,18)9-19-12/h2-3,11-12,19H,4-9H2,1H3,(H,20,22). The summed E-state index contributed by atoms with van der Waals surface area (Å²) in [6.07, 6.45) is 0.857. The van der Waals surface area contributed by atoms with Gasteiger partial charge in [0.25, 0.3) is 11.8 Å². The number of carbonyl (C=O) groups is 2. The van der Waals surface area contributed by atoms with E-state index in [9.17, 15) is 18.4 Å². The maximum Gasteiger partial charge on any atom is 0.262 e. The summed E-state index contributed by atoms with van der Waals surface area (Å²) in [7, 11) is 0. The predicted octanol–water partition coefficient (Wildman–Crippen LogP) is 1.77. The lowest BCUT2D eigenvalue weighted by Gasteiger charge is -2.33. The molecule has 2 aliphatic rings. The summed E-state index contributed by atoms with van der Waals surface area (Å²) < 4.78 is 26.4. The quantitative estimate of drug-likeness (QED) is 0.867. The van der Waals surface area contributed by atoms with Crippen molar-refractivity contribution in [1.82, 2.24) is 15.5 Å². The zero-order chi connectivity index (χ0) is 17.3. The summed E-state index contributed by atoms with van der Waals surface area (Å²) in [6.45, 7) is 2.48. The maximum atomic E-state index is 13.2. The van der Waals surface area contributed by atoms with Gasteiger partial charge in [0.1, 0.15) is 0 Å². The molecule has 3 rings (SSSR count). The Morgan fingerprint density at radius 3 is 2.58 bits per heavy atom. The Labute approximate surface area is 143 Å². The fraction of sp³-hybridized carbons (Fsp3) is 0.625. The normalized spacial score (nSPS) is 24.1. The third-order valence-electron chi connectivity index (χ3n) is 4.51. The van der Waals surface area contributed by atoms with Crippen LogP contribution < -0.4 is 10.6 Å². The van der Waals surface area contributed by atoms with Gasteiger partial charge in [0.15, 0.2) is 0 Å². The van der Waals surface area contributed by atoms with E-state index in [1.807, 2.05) is 13.0 Å². The van der Waals surface area contributed by atoms with Crippen molar-refractivity contribution in [3.8, 4) is 0 Å². The molecule has 2 saturated heterocycles. The van der Waals surface area contributed by atoms with E-state index in [1.54, 1.807) is 11.0 Å². The van der Waals surface area contributed by atoms with Crippen LogP contribution in [0.15, 0.2) is 12.1 Å². The Hall–Kier alpha value is -1.54. The second-order valence-electron chi connectivity index (χ2n) is 6.48. The lowest BCUT2D eigenvalue weighted by Crippen LogP contribution is -2.50. The van der Waals surface area contributed by atoms with Crippen molar-refractivity contribution < 1.29 is 18.4 Å². The number of aryl methyl sites for hydroxylation is 1. The molecule has 2 aliphatic heterocycles. The number of nitrogens with one attached hydrogen (secondary N) is 2. The molecule has 0 bridgehead atoms. The van der Waals surface area contributed by atoms with Crippen LogP contribution in [0.4, 0.5) is 8.78 Å². The fourth-order valence-electron chi connectivity index (χ4n) is 3.17. The molecule has 0 radical (unpaired) electrons. The topological polar surface area (TPSA) is 61.4 Å². The van der Waals surface area contributed by atoms with Crippen LogP contribution in [0.5, 0.6) is 0 Å². The lowest BCUT2D eigenvalue weighted by atomic mass is 10.0. The van der Waals surface area contributed by atoms with E-state index in [2.05, 4.69) is 10.6 Å². The van der Waals surface area contributed by atoms with Crippen molar-refractivity contribution in [3.63, 3.8) is 0 Å². The highest BCUT2D eigenvalue weighted by Gasteiger charge is 2.43. The summed E-state index contributed by atoms with van der Waals surface area (Å²) in [6, 6.07) is 2.94. The molecular weight excluding hydrogens is 336 g/mol. The number of halogens is 2. The number of amides is 2. The van der Waals surface area contributed by atoms with E-state index >= 15 is 0 Å². The molecule has 1 aromatic heterocycles. The number of rotatable bonds is 3. The first-order valence-corrected chi connectivity index (χ1v) is 8.93. The highest BCUT2D eigenvalue weighted by molar-refractivity contribution is 7.13. The number of hydrogen-bond donors (Lipinski definition) is 2. The van der Waals surface area contributed by atoms with Gasteiger partial charge >= 0.3 is 0 Å². The summed E-state index contributed by atoms with van der Waals surface area (Å²) >= 11 is 1.45. The minimum atomic E-state index is -2.80. The Morgan fingerprint density at radius 1 is 1.33 bits per heavy atom. The molecular formula is C16H21F2N3O2S. The number of carbonyl (C=O) groups excluding carboxylic acids is 2. The van der Waals surface area contributed by atoms with Gasteiger partial charge in [0.05, 0.1) is 17.5 Å². The van der Waals surface area contributed by atoms with Gasteiger partial charge in [-0.3, -0.25) is 14.9 Å². The molecule has 2 amide bonds. The third kappa shape index (κ3) is 3.92.